The number of quaternary nitrogens is 1. The lowest BCUT2D eigenvalue weighted by molar-refractivity contribution is -0.921. The highest BCUT2D eigenvalue weighted by molar-refractivity contribution is 5.77. The van der Waals surface area contributed by atoms with Crippen molar-refractivity contribution in [2.24, 2.45) is 5.92 Å². The summed E-state index contributed by atoms with van der Waals surface area (Å²) in [5.41, 5.74) is 0.605. The average molecular weight is 316 g/mol. The molecule has 2 heterocycles. The first-order valence-corrected chi connectivity index (χ1v) is 8.15. The van der Waals surface area contributed by atoms with Crippen molar-refractivity contribution in [3.63, 3.8) is 0 Å². The van der Waals surface area contributed by atoms with Gasteiger partial charge >= 0.3 is 5.97 Å². The first-order valence-electron chi connectivity index (χ1n) is 8.15. The molecule has 0 amide bonds. The number of fused-ring (bicyclic) bond motifs is 1. The predicted octanol–water partition coefficient (Wildman–Crippen LogP) is 0.281. The minimum absolute atomic E-state index is 0.0501. The Balaban J connectivity index is 1.74. The Bertz CT molecular complexity index is 756. The van der Waals surface area contributed by atoms with Gasteiger partial charge in [-0.05, 0) is 31.9 Å². The van der Waals surface area contributed by atoms with Crippen LogP contribution in [0.15, 0.2) is 29.1 Å². The van der Waals surface area contributed by atoms with E-state index in [9.17, 15) is 9.59 Å². The second-order valence-corrected chi connectivity index (χ2v) is 6.00. The predicted molar refractivity (Wildman–Crippen MR) is 86.1 cm³/mol. The third-order valence-electron chi connectivity index (χ3n) is 4.32. The van der Waals surface area contributed by atoms with Crippen molar-refractivity contribution in [3.8, 4) is 0 Å². The highest BCUT2D eigenvalue weighted by atomic mass is 16.5. The Hall–Kier alpha value is -2.21. The number of carbonyl (C=O) groups is 1. The molecular weight excluding hydrogens is 294 g/mol. The van der Waals surface area contributed by atoms with Gasteiger partial charge in [-0.2, -0.15) is 0 Å². The summed E-state index contributed by atoms with van der Waals surface area (Å²) in [6, 6.07) is 7.33. The molecule has 1 fully saturated rings. The van der Waals surface area contributed by atoms with E-state index < -0.39 is 0 Å². The maximum absolute atomic E-state index is 12.1. The number of hydrogen-bond acceptors (Lipinski definition) is 4. The molecule has 0 aliphatic carbocycles. The van der Waals surface area contributed by atoms with Crippen LogP contribution >= 0.6 is 0 Å². The van der Waals surface area contributed by atoms with E-state index in [2.05, 4.69) is 9.97 Å². The van der Waals surface area contributed by atoms with Gasteiger partial charge in [0.25, 0.3) is 5.56 Å². The largest absolute Gasteiger partial charge is 0.466 e. The van der Waals surface area contributed by atoms with Crippen molar-refractivity contribution in [1.29, 1.82) is 0 Å². The number of benzene rings is 1. The first kappa shape index (κ1) is 15.7. The van der Waals surface area contributed by atoms with E-state index in [1.807, 2.05) is 25.1 Å². The topological polar surface area (TPSA) is 76.5 Å². The number of likely N-dealkylation sites (tertiary alicyclic amines) is 1. The van der Waals surface area contributed by atoms with E-state index in [0.29, 0.717) is 29.9 Å². The number of rotatable bonds is 4. The lowest BCUT2D eigenvalue weighted by Crippen LogP contribution is -3.12. The number of aromatic nitrogens is 2. The van der Waals surface area contributed by atoms with Crippen molar-refractivity contribution in [3.05, 3.63) is 40.4 Å². The van der Waals surface area contributed by atoms with Crippen LogP contribution in [0.4, 0.5) is 0 Å². The summed E-state index contributed by atoms with van der Waals surface area (Å²) in [7, 11) is 0. The van der Waals surface area contributed by atoms with Gasteiger partial charge in [0, 0.05) is 0 Å². The summed E-state index contributed by atoms with van der Waals surface area (Å²) in [4.78, 5) is 32.7. The quantitative estimate of drug-likeness (QED) is 0.795. The summed E-state index contributed by atoms with van der Waals surface area (Å²) in [6.45, 7) is 4.58. The number of H-pyrrole nitrogens is 1. The third kappa shape index (κ3) is 3.59. The molecule has 1 unspecified atom stereocenters. The van der Waals surface area contributed by atoms with Crippen molar-refractivity contribution in [2.75, 3.05) is 19.7 Å². The average Bonchev–Trinajstić information content (AvgIpc) is 2.55. The van der Waals surface area contributed by atoms with Gasteiger partial charge < -0.3 is 14.6 Å². The Morgan fingerprint density at radius 3 is 3.09 bits per heavy atom. The summed E-state index contributed by atoms with van der Waals surface area (Å²) in [5, 5.41) is 0.606. The normalized spacial score (nSPS) is 21.3. The fourth-order valence-corrected chi connectivity index (χ4v) is 3.23. The van der Waals surface area contributed by atoms with Gasteiger partial charge in [0.1, 0.15) is 12.5 Å². The van der Waals surface area contributed by atoms with Gasteiger partial charge in [0.2, 0.25) is 0 Å². The number of esters is 1. The highest BCUT2D eigenvalue weighted by Gasteiger charge is 2.30. The van der Waals surface area contributed by atoms with E-state index in [1.165, 1.54) is 4.90 Å². The molecule has 0 radical (unpaired) electrons. The molecule has 0 spiro atoms. The maximum Gasteiger partial charge on any atom is 0.314 e. The Morgan fingerprint density at radius 2 is 2.26 bits per heavy atom. The third-order valence-corrected chi connectivity index (χ3v) is 4.32. The lowest BCUT2D eigenvalue weighted by Gasteiger charge is -2.28. The zero-order valence-electron chi connectivity index (χ0n) is 13.3. The number of para-hydroxylation sites is 1. The second-order valence-electron chi connectivity index (χ2n) is 6.00. The van der Waals surface area contributed by atoms with E-state index in [0.717, 1.165) is 25.9 Å². The Labute approximate surface area is 134 Å². The standard InChI is InChI=1S/C17H21N3O3/c1-2-23-17(22)12-6-5-9-20(10-12)11-15-18-14-8-4-3-7-13(14)16(21)19-15/h3-4,7-8,12H,2,5-6,9-11H2,1H3,(H,18,19,21)/p+1/t12-/m1/s1. The van der Waals surface area contributed by atoms with Crippen LogP contribution in [0.1, 0.15) is 25.6 Å². The number of piperidine rings is 1. The van der Waals surface area contributed by atoms with E-state index in [-0.39, 0.29) is 17.4 Å². The summed E-state index contributed by atoms with van der Waals surface area (Å²) >= 11 is 0. The van der Waals surface area contributed by atoms with Gasteiger partial charge in [-0.3, -0.25) is 9.59 Å². The molecule has 3 rings (SSSR count). The second kappa shape index (κ2) is 6.91. The molecule has 1 aliphatic rings. The summed E-state index contributed by atoms with van der Waals surface area (Å²) in [6.07, 6.45) is 1.86. The zero-order valence-corrected chi connectivity index (χ0v) is 13.3. The van der Waals surface area contributed by atoms with Gasteiger partial charge in [-0.25, -0.2) is 4.98 Å². The fourth-order valence-electron chi connectivity index (χ4n) is 3.23. The van der Waals surface area contributed by atoms with E-state index in [1.54, 1.807) is 6.07 Å². The van der Waals surface area contributed by atoms with Crippen molar-refractivity contribution < 1.29 is 14.4 Å². The lowest BCUT2D eigenvalue weighted by atomic mass is 9.98. The molecule has 1 aromatic carbocycles. The first-order chi connectivity index (χ1) is 11.2. The Morgan fingerprint density at radius 1 is 1.43 bits per heavy atom. The molecule has 2 N–H and O–H groups in total. The number of ether oxygens (including phenoxy) is 1. The fraction of sp³-hybridized carbons (Fsp3) is 0.471. The summed E-state index contributed by atoms with van der Waals surface area (Å²) < 4.78 is 5.13. The molecule has 2 atom stereocenters. The van der Waals surface area contributed by atoms with Crippen LogP contribution in [-0.2, 0) is 16.1 Å². The van der Waals surface area contributed by atoms with E-state index >= 15 is 0 Å². The molecular formula is C17H22N3O3+. The molecule has 6 heteroatoms. The maximum atomic E-state index is 12.1. The monoisotopic (exact) mass is 316 g/mol. The van der Waals surface area contributed by atoms with Gasteiger partial charge in [-0.15, -0.1) is 0 Å². The number of hydrogen-bond donors (Lipinski definition) is 2. The molecule has 0 bridgehead atoms. The van der Waals surface area contributed by atoms with Crippen LogP contribution in [0.2, 0.25) is 0 Å². The van der Waals surface area contributed by atoms with Crippen LogP contribution in [0.3, 0.4) is 0 Å². The van der Waals surface area contributed by atoms with Crippen LogP contribution in [0, 0.1) is 5.92 Å². The minimum Gasteiger partial charge on any atom is -0.466 e. The van der Waals surface area contributed by atoms with Gasteiger partial charge in [0.15, 0.2) is 5.82 Å². The molecule has 1 aliphatic heterocycles. The van der Waals surface area contributed by atoms with Crippen molar-refractivity contribution >= 4 is 16.9 Å². The molecule has 2 aromatic rings. The molecule has 0 saturated carbocycles. The van der Waals surface area contributed by atoms with Crippen LogP contribution in [0.25, 0.3) is 10.9 Å². The van der Waals surface area contributed by atoms with Crippen LogP contribution in [0.5, 0.6) is 0 Å². The van der Waals surface area contributed by atoms with Crippen LogP contribution < -0.4 is 10.5 Å². The number of nitrogens with zero attached hydrogens (tertiary/aromatic N) is 1. The van der Waals surface area contributed by atoms with Crippen molar-refractivity contribution in [1.82, 2.24) is 9.97 Å². The zero-order chi connectivity index (χ0) is 16.2. The number of nitrogens with one attached hydrogen (secondary N) is 2. The molecule has 23 heavy (non-hydrogen) atoms. The molecule has 1 saturated heterocycles. The molecule has 6 nitrogen and oxygen atoms in total. The smallest absolute Gasteiger partial charge is 0.314 e. The summed E-state index contributed by atoms with van der Waals surface area (Å²) in [5.74, 6) is 0.517. The van der Waals surface area contributed by atoms with Crippen LogP contribution in [-0.4, -0.2) is 35.6 Å². The van der Waals surface area contributed by atoms with Gasteiger partial charge in [-0.1, -0.05) is 12.1 Å². The number of aromatic amines is 1. The van der Waals surface area contributed by atoms with Gasteiger partial charge in [0.05, 0.1) is 30.6 Å². The minimum atomic E-state index is -0.107. The Kier molecular flexibility index (Phi) is 4.71. The van der Waals surface area contributed by atoms with E-state index in [4.69, 9.17) is 4.74 Å². The van der Waals surface area contributed by atoms with Crippen molar-refractivity contribution in [2.45, 2.75) is 26.3 Å². The molecule has 122 valence electrons. The SMILES string of the molecule is CCOC(=O)[C@@H]1CCC[NH+](Cc2nc3ccccc3c(=O)[nH]2)C1. The highest BCUT2D eigenvalue weighted by Crippen LogP contribution is 2.10. The molecule has 1 aromatic heterocycles. The number of carbonyl (C=O) groups excluding carboxylic acids is 1.